The summed E-state index contributed by atoms with van der Waals surface area (Å²) in [5.41, 5.74) is 8.52. The number of aryl methyl sites for hydroxylation is 2. The Morgan fingerprint density at radius 2 is 2.20 bits per heavy atom. The van der Waals surface area contributed by atoms with Crippen LogP contribution in [0.3, 0.4) is 0 Å². The zero-order chi connectivity index (χ0) is 10.8. The lowest BCUT2D eigenvalue weighted by Gasteiger charge is -2.02. The van der Waals surface area contributed by atoms with Gasteiger partial charge in [0.1, 0.15) is 5.82 Å². The largest absolute Gasteiger partial charge is 0.357 e. The molecule has 2 aromatic heterocycles. The number of rotatable bonds is 2. The van der Waals surface area contributed by atoms with Crippen LogP contribution in [0.1, 0.15) is 11.5 Å². The molecule has 0 amide bonds. The van der Waals surface area contributed by atoms with Crippen LogP contribution in [-0.2, 0) is 13.6 Å². The molecular formula is C11H14N4. The molecular weight excluding hydrogens is 188 g/mol. The summed E-state index contributed by atoms with van der Waals surface area (Å²) < 4.78 is 1.99. The highest BCUT2D eigenvalue weighted by Crippen LogP contribution is 2.17. The first-order valence-electron chi connectivity index (χ1n) is 4.86. The Labute approximate surface area is 88.8 Å². The van der Waals surface area contributed by atoms with E-state index in [1.165, 1.54) is 0 Å². The Bertz CT molecular complexity index is 473. The van der Waals surface area contributed by atoms with Gasteiger partial charge in [0.15, 0.2) is 0 Å². The molecule has 0 spiro atoms. The zero-order valence-corrected chi connectivity index (χ0v) is 8.94. The van der Waals surface area contributed by atoms with Crippen molar-refractivity contribution in [3.05, 3.63) is 36.0 Å². The van der Waals surface area contributed by atoms with Crippen molar-refractivity contribution in [3.8, 4) is 11.3 Å². The van der Waals surface area contributed by atoms with Gasteiger partial charge >= 0.3 is 0 Å². The van der Waals surface area contributed by atoms with E-state index in [9.17, 15) is 0 Å². The predicted molar refractivity (Wildman–Crippen MR) is 59.1 cm³/mol. The maximum Gasteiger partial charge on any atom is 0.142 e. The maximum atomic E-state index is 5.54. The van der Waals surface area contributed by atoms with E-state index in [4.69, 9.17) is 5.73 Å². The molecule has 0 radical (unpaired) electrons. The maximum absolute atomic E-state index is 5.54. The minimum Gasteiger partial charge on any atom is -0.357 e. The van der Waals surface area contributed by atoms with Crippen LogP contribution in [0.5, 0.6) is 0 Å². The highest BCUT2D eigenvalue weighted by molar-refractivity contribution is 5.58. The lowest BCUT2D eigenvalue weighted by Crippen LogP contribution is -2.04. The Hall–Kier alpha value is -1.68. The number of nitrogens with zero attached hydrogens (tertiary/aromatic N) is 3. The molecule has 2 aromatic rings. The van der Waals surface area contributed by atoms with E-state index in [0.717, 1.165) is 17.0 Å². The van der Waals surface area contributed by atoms with Gasteiger partial charge in [-0.1, -0.05) is 0 Å². The molecule has 0 saturated carbocycles. The molecule has 2 N–H and O–H groups in total. The van der Waals surface area contributed by atoms with Gasteiger partial charge in [0.25, 0.3) is 0 Å². The molecule has 0 fully saturated rings. The quantitative estimate of drug-likeness (QED) is 0.797. The third kappa shape index (κ3) is 2.05. The van der Waals surface area contributed by atoms with Crippen molar-refractivity contribution in [2.24, 2.45) is 12.8 Å². The molecule has 0 aromatic carbocycles. The number of hydrogen-bond donors (Lipinski definition) is 1. The number of aromatic nitrogens is 3. The summed E-state index contributed by atoms with van der Waals surface area (Å²) in [4.78, 5) is 8.63. The van der Waals surface area contributed by atoms with E-state index >= 15 is 0 Å². The molecule has 2 heterocycles. The minimum atomic E-state index is 0.377. The van der Waals surface area contributed by atoms with E-state index in [0.29, 0.717) is 12.4 Å². The Balaban J connectivity index is 2.48. The zero-order valence-electron chi connectivity index (χ0n) is 8.94. The van der Waals surface area contributed by atoms with Crippen LogP contribution in [0.4, 0.5) is 0 Å². The fourth-order valence-corrected chi connectivity index (χ4v) is 1.52. The second-order valence-electron chi connectivity index (χ2n) is 3.58. The van der Waals surface area contributed by atoms with E-state index in [2.05, 4.69) is 9.97 Å². The second kappa shape index (κ2) is 3.82. The summed E-state index contributed by atoms with van der Waals surface area (Å²) in [7, 11) is 1.99. The average molecular weight is 202 g/mol. The Morgan fingerprint density at radius 3 is 2.80 bits per heavy atom. The third-order valence-corrected chi connectivity index (χ3v) is 2.21. The van der Waals surface area contributed by atoms with Gasteiger partial charge < -0.3 is 10.3 Å². The van der Waals surface area contributed by atoms with Crippen LogP contribution in [0.2, 0.25) is 0 Å². The minimum absolute atomic E-state index is 0.377. The molecule has 0 aliphatic rings. The fourth-order valence-electron chi connectivity index (χ4n) is 1.52. The van der Waals surface area contributed by atoms with Gasteiger partial charge in [-0.05, 0) is 19.1 Å². The lowest BCUT2D eigenvalue weighted by atomic mass is 10.2. The highest BCUT2D eigenvalue weighted by atomic mass is 14.9. The van der Waals surface area contributed by atoms with Gasteiger partial charge in [-0.25, -0.2) is 9.97 Å². The summed E-state index contributed by atoms with van der Waals surface area (Å²) >= 11 is 0. The predicted octanol–water partition coefficient (Wildman–Crippen LogP) is 1.25. The van der Waals surface area contributed by atoms with Crippen molar-refractivity contribution in [2.45, 2.75) is 13.5 Å². The van der Waals surface area contributed by atoms with Gasteiger partial charge in [0.2, 0.25) is 0 Å². The van der Waals surface area contributed by atoms with E-state index in [-0.39, 0.29) is 0 Å². The summed E-state index contributed by atoms with van der Waals surface area (Å²) in [5.74, 6) is 0.689. The number of nitrogens with two attached hydrogens (primary N) is 1. The van der Waals surface area contributed by atoms with Crippen LogP contribution in [0, 0.1) is 6.92 Å². The normalized spacial score (nSPS) is 10.6. The van der Waals surface area contributed by atoms with Gasteiger partial charge in [-0.3, -0.25) is 0 Å². The van der Waals surface area contributed by atoms with Crippen molar-refractivity contribution >= 4 is 0 Å². The van der Waals surface area contributed by atoms with Gasteiger partial charge in [-0.2, -0.15) is 0 Å². The molecule has 78 valence electrons. The standard InChI is InChI=1S/C11H14N4/c1-8-5-10(14-11(6-12)13-8)9-3-4-15(2)7-9/h3-5,7H,6,12H2,1-2H3. The summed E-state index contributed by atoms with van der Waals surface area (Å²) in [6.45, 7) is 2.33. The Morgan fingerprint density at radius 1 is 1.40 bits per heavy atom. The van der Waals surface area contributed by atoms with Crippen molar-refractivity contribution in [2.75, 3.05) is 0 Å². The molecule has 0 unspecified atom stereocenters. The van der Waals surface area contributed by atoms with Crippen LogP contribution in [0.15, 0.2) is 24.5 Å². The van der Waals surface area contributed by atoms with E-state index in [1.54, 1.807) is 0 Å². The molecule has 4 nitrogen and oxygen atoms in total. The monoisotopic (exact) mass is 202 g/mol. The second-order valence-corrected chi connectivity index (χ2v) is 3.58. The summed E-state index contributed by atoms with van der Waals surface area (Å²) in [6.07, 6.45) is 4.02. The van der Waals surface area contributed by atoms with Crippen LogP contribution < -0.4 is 5.73 Å². The summed E-state index contributed by atoms with van der Waals surface area (Å²) in [5, 5.41) is 0. The smallest absolute Gasteiger partial charge is 0.142 e. The van der Waals surface area contributed by atoms with Crippen LogP contribution in [0.25, 0.3) is 11.3 Å². The topological polar surface area (TPSA) is 56.7 Å². The van der Waals surface area contributed by atoms with Crippen molar-refractivity contribution in [1.29, 1.82) is 0 Å². The fraction of sp³-hybridized carbons (Fsp3) is 0.273. The summed E-state index contributed by atoms with van der Waals surface area (Å²) in [6, 6.07) is 4.00. The van der Waals surface area contributed by atoms with Crippen LogP contribution in [-0.4, -0.2) is 14.5 Å². The third-order valence-electron chi connectivity index (χ3n) is 2.21. The van der Waals surface area contributed by atoms with E-state index in [1.807, 2.05) is 43.1 Å². The molecule has 0 aliphatic carbocycles. The van der Waals surface area contributed by atoms with E-state index < -0.39 is 0 Å². The molecule has 0 bridgehead atoms. The van der Waals surface area contributed by atoms with Crippen LogP contribution >= 0.6 is 0 Å². The van der Waals surface area contributed by atoms with Crippen molar-refractivity contribution in [3.63, 3.8) is 0 Å². The molecule has 0 aliphatic heterocycles. The first-order valence-corrected chi connectivity index (χ1v) is 4.86. The Kier molecular flexibility index (Phi) is 2.51. The van der Waals surface area contributed by atoms with Crippen molar-refractivity contribution in [1.82, 2.24) is 14.5 Å². The molecule has 4 heteroatoms. The lowest BCUT2D eigenvalue weighted by molar-refractivity contribution is 0.893. The SMILES string of the molecule is Cc1cc(-c2ccn(C)c2)nc(CN)n1. The van der Waals surface area contributed by atoms with Gasteiger partial charge in [-0.15, -0.1) is 0 Å². The van der Waals surface area contributed by atoms with Gasteiger partial charge in [0.05, 0.1) is 12.2 Å². The molecule has 0 saturated heterocycles. The first-order chi connectivity index (χ1) is 7.19. The highest BCUT2D eigenvalue weighted by Gasteiger charge is 2.04. The first kappa shape index (κ1) is 9.86. The number of hydrogen-bond acceptors (Lipinski definition) is 3. The van der Waals surface area contributed by atoms with Crippen molar-refractivity contribution < 1.29 is 0 Å². The van der Waals surface area contributed by atoms with Gasteiger partial charge in [0, 0.05) is 30.7 Å². The molecule has 2 rings (SSSR count). The molecule has 0 atom stereocenters. The average Bonchev–Trinajstić information content (AvgIpc) is 2.64. The molecule has 15 heavy (non-hydrogen) atoms.